The van der Waals surface area contributed by atoms with E-state index >= 15 is 0 Å². The Morgan fingerprint density at radius 1 is 1.14 bits per heavy atom. The van der Waals surface area contributed by atoms with Crippen molar-refractivity contribution in [3.05, 3.63) is 65.2 Å². The second kappa shape index (κ2) is 10.8. The van der Waals surface area contributed by atoms with Crippen molar-refractivity contribution >= 4 is 29.3 Å². The number of carbonyl (C=O) groups is 2. The summed E-state index contributed by atoms with van der Waals surface area (Å²) in [5.41, 5.74) is 1.21. The number of amides is 2. The zero-order valence-electron chi connectivity index (χ0n) is 16.0. The van der Waals surface area contributed by atoms with E-state index in [1.165, 1.54) is 0 Å². The van der Waals surface area contributed by atoms with Gasteiger partial charge in [0.25, 0.3) is 0 Å². The first-order valence-corrected chi connectivity index (χ1v) is 9.84. The molecule has 2 amide bonds. The Labute approximate surface area is 174 Å². The molecule has 3 rings (SSSR count). The second-order valence-corrected chi connectivity index (χ2v) is 7.07. The summed E-state index contributed by atoms with van der Waals surface area (Å²) in [6.07, 6.45) is -0.121. The van der Waals surface area contributed by atoms with Gasteiger partial charge in [0, 0.05) is 36.9 Å². The van der Waals surface area contributed by atoms with Gasteiger partial charge >= 0.3 is 12.0 Å². The number of nitrogens with zero attached hydrogens (tertiary/aromatic N) is 1. The van der Waals surface area contributed by atoms with Gasteiger partial charge in [-0.3, -0.25) is 4.90 Å². The first-order chi connectivity index (χ1) is 14.1. The molecular formula is C21H24ClN3O4. The average molecular weight is 418 g/mol. The van der Waals surface area contributed by atoms with Crippen molar-refractivity contribution in [1.29, 1.82) is 0 Å². The molecule has 0 spiro atoms. The standard InChI is InChI=1S/C21H24ClN3O4/c22-17-6-8-18(9-7-17)24-21(27)23-14-19-15-25(10-12-28-19)11-13-29-20(26)16-4-2-1-3-5-16/h1-9,19H,10-15H2,(H2,23,24,27). The summed E-state index contributed by atoms with van der Waals surface area (Å²) >= 11 is 5.83. The van der Waals surface area contributed by atoms with Gasteiger partial charge in [0.05, 0.1) is 18.3 Å². The normalized spacial score (nSPS) is 16.8. The molecule has 1 heterocycles. The number of anilines is 1. The Morgan fingerprint density at radius 2 is 1.90 bits per heavy atom. The van der Waals surface area contributed by atoms with Gasteiger partial charge in [0.15, 0.2) is 0 Å². The van der Waals surface area contributed by atoms with E-state index in [1.807, 2.05) is 6.07 Å². The largest absolute Gasteiger partial charge is 0.461 e. The molecule has 1 aliphatic rings. The summed E-state index contributed by atoms with van der Waals surface area (Å²) in [6.45, 7) is 3.30. The van der Waals surface area contributed by atoms with E-state index < -0.39 is 0 Å². The number of rotatable bonds is 7. The molecule has 1 saturated heterocycles. The van der Waals surface area contributed by atoms with Crippen molar-refractivity contribution in [1.82, 2.24) is 10.2 Å². The predicted molar refractivity (Wildman–Crippen MR) is 111 cm³/mol. The quantitative estimate of drug-likeness (QED) is 0.677. The summed E-state index contributed by atoms with van der Waals surface area (Å²) in [5.74, 6) is -0.323. The van der Waals surface area contributed by atoms with Crippen LogP contribution < -0.4 is 10.6 Å². The van der Waals surface area contributed by atoms with Gasteiger partial charge in [0.2, 0.25) is 0 Å². The lowest BCUT2D eigenvalue weighted by Crippen LogP contribution is -2.48. The lowest BCUT2D eigenvalue weighted by molar-refractivity contribution is -0.0314. The van der Waals surface area contributed by atoms with Crippen LogP contribution in [0.3, 0.4) is 0 Å². The van der Waals surface area contributed by atoms with Gasteiger partial charge < -0.3 is 20.1 Å². The summed E-state index contributed by atoms with van der Waals surface area (Å²) in [4.78, 5) is 26.1. The van der Waals surface area contributed by atoms with Crippen LogP contribution >= 0.6 is 11.6 Å². The summed E-state index contributed by atoms with van der Waals surface area (Å²) in [5, 5.41) is 6.17. The van der Waals surface area contributed by atoms with Crippen molar-refractivity contribution < 1.29 is 19.1 Å². The van der Waals surface area contributed by atoms with E-state index in [4.69, 9.17) is 21.1 Å². The van der Waals surface area contributed by atoms with Gasteiger partial charge in [-0.2, -0.15) is 0 Å². The van der Waals surface area contributed by atoms with Crippen LogP contribution in [0.25, 0.3) is 0 Å². The monoisotopic (exact) mass is 417 g/mol. The average Bonchev–Trinajstić information content (AvgIpc) is 2.75. The summed E-state index contributed by atoms with van der Waals surface area (Å²) < 4.78 is 11.0. The lowest BCUT2D eigenvalue weighted by atomic mass is 10.2. The summed E-state index contributed by atoms with van der Waals surface area (Å²) in [7, 11) is 0. The molecule has 1 aliphatic heterocycles. The number of nitrogens with one attached hydrogen (secondary N) is 2. The number of hydrogen-bond donors (Lipinski definition) is 2. The maximum atomic E-state index is 12.0. The molecule has 154 valence electrons. The number of halogens is 1. The van der Waals surface area contributed by atoms with Crippen LogP contribution in [0.4, 0.5) is 10.5 Å². The van der Waals surface area contributed by atoms with Crippen molar-refractivity contribution in [2.45, 2.75) is 6.10 Å². The van der Waals surface area contributed by atoms with Crippen LogP contribution in [0.1, 0.15) is 10.4 Å². The molecule has 2 N–H and O–H groups in total. The topological polar surface area (TPSA) is 79.9 Å². The molecule has 0 aliphatic carbocycles. The maximum absolute atomic E-state index is 12.0. The Hall–Kier alpha value is -2.61. The lowest BCUT2D eigenvalue weighted by Gasteiger charge is -2.32. The van der Waals surface area contributed by atoms with Crippen LogP contribution in [-0.2, 0) is 9.47 Å². The SMILES string of the molecule is O=C(NCC1CN(CCOC(=O)c2ccccc2)CCO1)Nc1ccc(Cl)cc1. The molecule has 8 heteroatoms. The second-order valence-electron chi connectivity index (χ2n) is 6.64. The first kappa shape index (κ1) is 21.1. The molecule has 0 saturated carbocycles. The molecule has 7 nitrogen and oxygen atoms in total. The molecule has 0 bridgehead atoms. The molecule has 1 fully saturated rings. The molecule has 0 radical (unpaired) electrons. The van der Waals surface area contributed by atoms with E-state index in [2.05, 4.69) is 15.5 Å². The number of hydrogen-bond acceptors (Lipinski definition) is 5. The Morgan fingerprint density at radius 3 is 2.66 bits per heavy atom. The fourth-order valence-corrected chi connectivity index (χ4v) is 3.07. The maximum Gasteiger partial charge on any atom is 0.338 e. The van der Waals surface area contributed by atoms with E-state index in [-0.39, 0.29) is 18.1 Å². The minimum Gasteiger partial charge on any atom is -0.461 e. The number of morpholine rings is 1. The minimum absolute atomic E-state index is 0.121. The van der Waals surface area contributed by atoms with Gasteiger partial charge in [-0.15, -0.1) is 0 Å². The highest BCUT2D eigenvalue weighted by Gasteiger charge is 2.21. The highest BCUT2D eigenvalue weighted by atomic mass is 35.5. The van der Waals surface area contributed by atoms with E-state index in [9.17, 15) is 9.59 Å². The third-order valence-corrected chi connectivity index (χ3v) is 4.72. The summed E-state index contributed by atoms with van der Waals surface area (Å²) in [6, 6.07) is 15.5. The number of esters is 1. The van der Waals surface area contributed by atoms with E-state index in [0.717, 1.165) is 6.54 Å². The van der Waals surface area contributed by atoms with E-state index in [0.29, 0.717) is 49.1 Å². The van der Waals surface area contributed by atoms with Crippen LogP contribution in [0.2, 0.25) is 5.02 Å². The predicted octanol–water partition coefficient (Wildman–Crippen LogP) is 3.02. The number of carbonyl (C=O) groups excluding carboxylic acids is 2. The minimum atomic E-state index is -0.323. The van der Waals surface area contributed by atoms with Crippen LogP contribution in [0.5, 0.6) is 0 Å². The third-order valence-electron chi connectivity index (χ3n) is 4.47. The van der Waals surface area contributed by atoms with Gasteiger partial charge in [-0.05, 0) is 36.4 Å². The number of urea groups is 1. The molecule has 29 heavy (non-hydrogen) atoms. The highest BCUT2D eigenvalue weighted by Crippen LogP contribution is 2.13. The molecular weight excluding hydrogens is 394 g/mol. The van der Waals surface area contributed by atoms with Crippen molar-refractivity contribution in [3.63, 3.8) is 0 Å². The van der Waals surface area contributed by atoms with Crippen molar-refractivity contribution in [2.24, 2.45) is 0 Å². The first-order valence-electron chi connectivity index (χ1n) is 9.47. The third kappa shape index (κ3) is 7.05. The van der Waals surface area contributed by atoms with Gasteiger partial charge in [0.1, 0.15) is 6.61 Å². The molecule has 1 atom stereocenters. The smallest absolute Gasteiger partial charge is 0.338 e. The molecule has 1 unspecified atom stereocenters. The van der Waals surface area contributed by atoms with Gasteiger partial charge in [-0.1, -0.05) is 29.8 Å². The van der Waals surface area contributed by atoms with Crippen LogP contribution in [-0.4, -0.2) is 62.4 Å². The molecule has 0 aromatic heterocycles. The van der Waals surface area contributed by atoms with Crippen molar-refractivity contribution in [3.8, 4) is 0 Å². The van der Waals surface area contributed by atoms with Crippen LogP contribution in [0.15, 0.2) is 54.6 Å². The molecule has 2 aromatic carbocycles. The highest BCUT2D eigenvalue weighted by molar-refractivity contribution is 6.30. The fraction of sp³-hybridized carbons (Fsp3) is 0.333. The van der Waals surface area contributed by atoms with Gasteiger partial charge in [-0.25, -0.2) is 9.59 Å². The van der Waals surface area contributed by atoms with Crippen molar-refractivity contribution in [2.75, 3.05) is 44.7 Å². The fourth-order valence-electron chi connectivity index (χ4n) is 2.95. The zero-order valence-corrected chi connectivity index (χ0v) is 16.7. The van der Waals surface area contributed by atoms with Crippen LogP contribution in [0, 0.1) is 0 Å². The Balaban J connectivity index is 1.35. The van der Waals surface area contributed by atoms with E-state index in [1.54, 1.807) is 48.5 Å². The Bertz CT molecular complexity index is 801. The zero-order chi connectivity index (χ0) is 20.5. The number of benzene rings is 2. The molecule has 2 aromatic rings. The Kier molecular flexibility index (Phi) is 7.86. The number of ether oxygens (including phenoxy) is 2.